The van der Waals surface area contributed by atoms with Gasteiger partial charge in [-0.3, -0.25) is 4.79 Å². The molecule has 0 aliphatic carbocycles. The molecule has 0 fully saturated rings. The van der Waals surface area contributed by atoms with Crippen molar-refractivity contribution in [2.75, 3.05) is 5.32 Å². The van der Waals surface area contributed by atoms with Crippen LogP contribution in [0.25, 0.3) is 6.08 Å². The molecular weight excluding hydrogens is 275 g/mol. The van der Waals surface area contributed by atoms with Crippen molar-refractivity contribution in [1.82, 2.24) is 4.98 Å². The van der Waals surface area contributed by atoms with E-state index in [4.69, 9.17) is 5.11 Å². The molecule has 0 saturated heterocycles. The van der Waals surface area contributed by atoms with Crippen LogP contribution < -0.4 is 5.32 Å². The fourth-order valence-corrected chi connectivity index (χ4v) is 1.63. The van der Waals surface area contributed by atoms with E-state index in [1.54, 1.807) is 6.07 Å². The van der Waals surface area contributed by atoms with Crippen molar-refractivity contribution in [3.63, 3.8) is 0 Å². The number of nitrogens with one attached hydrogen (secondary N) is 1. The maximum absolute atomic E-state index is 13.0. The van der Waals surface area contributed by atoms with Crippen LogP contribution in [0.2, 0.25) is 0 Å². The predicted molar refractivity (Wildman–Crippen MR) is 75.3 cm³/mol. The second-order valence-corrected chi connectivity index (χ2v) is 4.08. The van der Waals surface area contributed by atoms with Crippen molar-refractivity contribution in [3.05, 3.63) is 65.7 Å². The zero-order chi connectivity index (χ0) is 15.2. The number of halogens is 1. The summed E-state index contributed by atoms with van der Waals surface area (Å²) in [5.41, 5.74) is 0.374. The Balaban J connectivity index is 2.10. The predicted octanol–water partition coefficient (Wildman–Crippen LogP) is 2.57. The molecule has 1 heterocycles. The van der Waals surface area contributed by atoms with Crippen LogP contribution in [0.4, 0.5) is 10.1 Å². The topological polar surface area (TPSA) is 79.3 Å². The normalized spacial score (nSPS) is 10.5. The Hall–Kier alpha value is -3.02. The molecular formula is C15H11FN2O3. The Morgan fingerprint density at radius 2 is 2.05 bits per heavy atom. The van der Waals surface area contributed by atoms with Gasteiger partial charge in [-0.15, -0.1) is 0 Å². The van der Waals surface area contributed by atoms with E-state index in [1.807, 2.05) is 0 Å². The van der Waals surface area contributed by atoms with E-state index in [1.165, 1.54) is 48.7 Å². The minimum Gasteiger partial charge on any atom is -0.476 e. The third kappa shape index (κ3) is 3.97. The molecule has 0 saturated carbocycles. The van der Waals surface area contributed by atoms with Crippen molar-refractivity contribution >= 4 is 23.6 Å². The van der Waals surface area contributed by atoms with Gasteiger partial charge in [-0.05, 0) is 35.9 Å². The molecule has 0 radical (unpaired) electrons. The molecule has 106 valence electrons. The number of carbonyl (C=O) groups excluding carboxylic acids is 1. The average Bonchev–Trinajstić information content (AvgIpc) is 2.45. The Morgan fingerprint density at radius 1 is 1.24 bits per heavy atom. The van der Waals surface area contributed by atoms with Gasteiger partial charge in [0, 0.05) is 12.3 Å². The van der Waals surface area contributed by atoms with Crippen LogP contribution >= 0.6 is 0 Å². The second kappa shape index (κ2) is 6.42. The standard InChI is InChI=1S/C15H11FN2O3/c16-11-4-1-3-10(9-11)6-7-13(19)18-12-5-2-8-17-14(12)15(20)21/h1-9H,(H,18,19)(H,20,21)/b7-6+. The number of carbonyl (C=O) groups is 2. The zero-order valence-corrected chi connectivity index (χ0v) is 10.8. The number of nitrogens with zero attached hydrogens (tertiary/aromatic N) is 1. The average molecular weight is 286 g/mol. The molecule has 1 amide bonds. The lowest BCUT2D eigenvalue weighted by atomic mass is 10.2. The molecule has 6 heteroatoms. The van der Waals surface area contributed by atoms with E-state index in [0.29, 0.717) is 5.56 Å². The van der Waals surface area contributed by atoms with Gasteiger partial charge < -0.3 is 10.4 Å². The van der Waals surface area contributed by atoms with Gasteiger partial charge in [0.05, 0.1) is 5.69 Å². The third-order valence-electron chi connectivity index (χ3n) is 2.54. The van der Waals surface area contributed by atoms with E-state index < -0.39 is 17.7 Å². The number of amides is 1. The maximum Gasteiger partial charge on any atom is 0.356 e. The molecule has 5 nitrogen and oxygen atoms in total. The number of hydrogen-bond donors (Lipinski definition) is 2. The number of hydrogen-bond acceptors (Lipinski definition) is 3. The van der Waals surface area contributed by atoms with Gasteiger partial charge in [-0.1, -0.05) is 12.1 Å². The summed E-state index contributed by atoms with van der Waals surface area (Å²) in [6.45, 7) is 0. The molecule has 21 heavy (non-hydrogen) atoms. The van der Waals surface area contributed by atoms with Crippen molar-refractivity contribution in [1.29, 1.82) is 0 Å². The van der Waals surface area contributed by atoms with E-state index in [9.17, 15) is 14.0 Å². The summed E-state index contributed by atoms with van der Waals surface area (Å²) < 4.78 is 13.0. The number of anilines is 1. The molecule has 0 unspecified atom stereocenters. The molecule has 2 N–H and O–H groups in total. The Labute approximate surface area is 119 Å². The molecule has 0 atom stereocenters. The van der Waals surface area contributed by atoms with Crippen LogP contribution in [-0.2, 0) is 4.79 Å². The summed E-state index contributed by atoms with van der Waals surface area (Å²) in [5, 5.41) is 11.4. The highest BCUT2D eigenvalue weighted by Gasteiger charge is 2.11. The minimum atomic E-state index is -1.24. The fourth-order valence-electron chi connectivity index (χ4n) is 1.63. The molecule has 0 aliphatic rings. The zero-order valence-electron chi connectivity index (χ0n) is 10.8. The van der Waals surface area contributed by atoms with Crippen LogP contribution in [0.3, 0.4) is 0 Å². The highest BCUT2D eigenvalue weighted by atomic mass is 19.1. The highest BCUT2D eigenvalue weighted by molar-refractivity contribution is 6.05. The summed E-state index contributed by atoms with van der Waals surface area (Å²) in [6.07, 6.45) is 3.93. The van der Waals surface area contributed by atoms with Crippen LogP contribution in [-0.4, -0.2) is 22.0 Å². The molecule has 1 aromatic carbocycles. The van der Waals surface area contributed by atoms with Crippen molar-refractivity contribution in [3.8, 4) is 0 Å². The van der Waals surface area contributed by atoms with Gasteiger partial charge in [0.1, 0.15) is 5.82 Å². The molecule has 2 aromatic rings. The Bertz CT molecular complexity index is 714. The second-order valence-electron chi connectivity index (χ2n) is 4.08. The summed E-state index contributed by atoms with van der Waals surface area (Å²) in [6, 6.07) is 8.68. The van der Waals surface area contributed by atoms with Crippen molar-refractivity contribution in [2.24, 2.45) is 0 Å². The van der Waals surface area contributed by atoms with Gasteiger partial charge in [-0.2, -0.15) is 0 Å². The van der Waals surface area contributed by atoms with Crippen LogP contribution in [0.1, 0.15) is 16.1 Å². The number of rotatable bonds is 4. The smallest absolute Gasteiger partial charge is 0.356 e. The van der Waals surface area contributed by atoms with Crippen molar-refractivity contribution in [2.45, 2.75) is 0 Å². The monoisotopic (exact) mass is 286 g/mol. The highest BCUT2D eigenvalue weighted by Crippen LogP contribution is 2.12. The lowest BCUT2D eigenvalue weighted by Gasteiger charge is -2.04. The van der Waals surface area contributed by atoms with E-state index >= 15 is 0 Å². The summed E-state index contributed by atoms with van der Waals surface area (Å²) in [7, 11) is 0. The molecule has 1 aromatic heterocycles. The van der Waals surface area contributed by atoms with E-state index in [0.717, 1.165) is 0 Å². The number of pyridine rings is 1. The van der Waals surface area contributed by atoms with Crippen LogP contribution in [0, 0.1) is 5.82 Å². The van der Waals surface area contributed by atoms with Gasteiger partial charge in [0.2, 0.25) is 5.91 Å². The SMILES string of the molecule is O=C(/C=C/c1cccc(F)c1)Nc1cccnc1C(=O)O. The largest absolute Gasteiger partial charge is 0.476 e. The van der Waals surface area contributed by atoms with Gasteiger partial charge in [-0.25, -0.2) is 14.2 Å². The minimum absolute atomic E-state index is 0.0962. The fraction of sp³-hybridized carbons (Fsp3) is 0. The first-order valence-corrected chi connectivity index (χ1v) is 5.99. The lowest BCUT2D eigenvalue weighted by molar-refractivity contribution is -0.111. The third-order valence-corrected chi connectivity index (χ3v) is 2.54. The number of benzene rings is 1. The first kappa shape index (κ1) is 14.4. The molecule has 0 aliphatic heterocycles. The number of aromatic nitrogens is 1. The lowest BCUT2D eigenvalue weighted by Crippen LogP contribution is -2.13. The number of aromatic carboxylic acids is 1. The van der Waals surface area contributed by atoms with Gasteiger partial charge in [0.25, 0.3) is 0 Å². The molecule has 0 spiro atoms. The first-order chi connectivity index (χ1) is 10.1. The van der Waals surface area contributed by atoms with Crippen LogP contribution in [0.15, 0.2) is 48.7 Å². The van der Waals surface area contributed by atoms with Gasteiger partial charge >= 0.3 is 5.97 Å². The summed E-state index contributed by atoms with van der Waals surface area (Å²) in [4.78, 5) is 26.4. The van der Waals surface area contributed by atoms with Crippen molar-refractivity contribution < 1.29 is 19.1 Å². The van der Waals surface area contributed by atoms with Crippen LogP contribution in [0.5, 0.6) is 0 Å². The number of carboxylic acid groups (broad SMARTS) is 1. The molecule has 0 bridgehead atoms. The van der Waals surface area contributed by atoms with Gasteiger partial charge in [0.15, 0.2) is 5.69 Å². The molecule has 2 rings (SSSR count). The van der Waals surface area contributed by atoms with E-state index in [-0.39, 0.29) is 11.4 Å². The maximum atomic E-state index is 13.0. The quantitative estimate of drug-likeness (QED) is 0.847. The summed E-state index contributed by atoms with van der Waals surface area (Å²) >= 11 is 0. The number of carboxylic acids is 1. The summed E-state index contributed by atoms with van der Waals surface area (Å²) in [5.74, 6) is -2.17. The van der Waals surface area contributed by atoms with E-state index in [2.05, 4.69) is 10.3 Å². The Morgan fingerprint density at radius 3 is 2.76 bits per heavy atom. The first-order valence-electron chi connectivity index (χ1n) is 5.99. The Kier molecular flexibility index (Phi) is 4.40.